The van der Waals surface area contributed by atoms with Crippen LogP contribution in [0.25, 0.3) is 0 Å². The van der Waals surface area contributed by atoms with Gasteiger partial charge in [0.05, 0.1) is 19.3 Å². The Balaban J connectivity index is 1.71. The molecule has 0 bridgehead atoms. The van der Waals surface area contributed by atoms with Crippen LogP contribution in [-0.4, -0.2) is 66.4 Å². The fourth-order valence-corrected chi connectivity index (χ4v) is 4.52. The number of para-hydroxylation sites is 1. The normalized spacial score (nSPS) is 18.5. The molecule has 0 radical (unpaired) electrons. The standard InChI is InChI=1S/C25H36N4O5/c1-3-9-20(21(30)22(31)26-19-11-6-5-10-18(19)2)27-23(32)25(12-7-4-8-13-25)28-24(33)29-14-16-34-17-15-29/h5-6,10-11,20H,3-4,7-9,12-17H2,1-2H3,(H,26,31)(H,27,32)(H,28,33)/t20-/m0/s1. The van der Waals surface area contributed by atoms with Gasteiger partial charge in [0.25, 0.3) is 5.91 Å². The molecule has 1 saturated heterocycles. The number of Topliss-reactive ketones (excluding diaryl/α,β-unsaturated/α-hetero) is 1. The summed E-state index contributed by atoms with van der Waals surface area (Å²) in [6.45, 7) is 5.61. The molecule has 9 nitrogen and oxygen atoms in total. The number of urea groups is 1. The van der Waals surface area contributed by atoms with E-state index in [1.54, 1.807) is 17.0 Å². The number of morpholine rings is 1. The number of ketones is 1. The van der Waals surface area contributed by atoms with Crippen LogP contribution in [0.3, 0.4) is 0 Å². The molecule has 0 unspecified atom stereocenters. The van der Waals surface area contributed by atoms with Crippen LogP contribution in [0.15, 0.2) is 24.3 Å². The molecule has 3 rings (SSSR count). The predicted octanol–water partition coefficient (Wildman–Crippen LogP) is 2.53. The third-order valence-electron chi connectivity index (χ3n) is 6.60. The van der Waals surface area contributed by atoms with E-state index in [0.717, 1.165) is 24.8 Å². The smallest absolute Gasteiger partial charge is 0.318 e. The van der Waals surface area contributed by atoms with Crippen LogP contribution in [0.4, 0.5) is 10.5 Å². The second-order valence-corrected chi connectivity index (χ2v) is 9.12. The number of benzene rings is 1. The number of hydrogen-bond donors (Lipinski definition) is 3. The Morgan fingerprint density at radius 3 is 2.38 bits per heavy atom. The van der Waals surface area contributed by atoms with Crippen molar-refractivity contribution in [2.24, 2.45) is 0 Å². The van der Waals surface area contributed by atoms with Gasteiger partial charge in [0.1, 0.15) is 5.54 Å². The van der Waals surface area contributed by atoms with Gasteiger partial charge < -0.3 is 25.6 Å². The minimum atomic E-state index is -1.09. The van der Waals surface area contributed by atoms with Crippen molar-refractivity contribution in [1.29, 1.82) is 0 Å². The van der Waals surface area contributed by atoms with E-state index in [0.29, 0.717) is 57.7 Å². The highest BCUT2D eigenvalue weighted by atomic mass is 16.5. The fourth-order valence-electron chi connectivity index (χ4n) is 4.52. The Kier molecular flexibility index (Phi) is 9.04. The van der Waals surface area contributed by atoms with E-state index in [1.165, 1.54) is 0 Å². The van der Waals surface area contributed by atoms with E-state index in [4.69, 9.17) is 4.74 Å². The number of carbonyl (C=O) groups excluding carboxylic acids is 4. The van der Waals surface area contributed by atoms with Crippen LogP contribution >= 0.6 is 0 Å². The van der Waals surface area contributed by atoms with Gasteiger partial charge in [-0.05, 0) is 37.8 Å². The van der Waals surface area contributed by atoms with E-state index in [2.05, 4.69) is 16.0 Å². The third kappa shape index (κ3) is 6.34. The summed E-state index contributed by atoms with van der Waals surface area (Å²) in [6, 6.07) is 5.95. The zero-order chi connectivity index (χ0) is 24.6. The summed E-state index contributed by atoms with van der Waals surface area (Å²) in [7, 11) is 0. The Hall–Kier alpha value is -2.94. The number of nitrogens with one attached hydrogen (secondary N) is 3. The summed E-state index contributed by atoms with van der Waals surface area (Å²) in [4.78, 5) is 53.8. The average molecular weight is 473 g/mol. The number of amides is 4. The zero-order valence-corrected chi connectivity index (χ0v) is 20.2. The lowest BCUT2D eigenvalue weighted by molar-refractivity contribution is -0.138. The van der Waals surface area contributed by atoms with Gasteiger partial charge >= 0.3 is 6.03 Å². The molecule has 2 fully saturated rings. The van der Waals surface area contributed by atoms with Crippen LogP contribution < -0.4 is 16.0 Å². The maximum atomic E-state index is 13.5. The first-order valence-corrected chi connectivity index (χ1v) is 12.2. The highest BCUT2D eigenvalue weighted by Crippen LogP contribution is 2.29. The van der Waals surface area contributed by atoms with Gasteiger partial charge in [-0.2, -0.15) is 0 Å². The number of aryl methyl sites for hydroxylation is 1. The third-order valence-corrected chi connectivity index (χ3v) is 6.60. The lowest BCUT2D eigenvalue weighted by Gasteiger charge is -2.39. The summed E-state index contributed by atoms with van der Waals surface area (Å²) < 4.78 is 5.31. The second kappa shape index (κ2) is 12.0. The summed E-state index contributed by atoms with van der Waals surface area (Å²) >= 11 is 0. The van der Waals surface area contributed by atoms with Crippen molar-refractivity contribution in [3.05, 3.63) is 29.8 Å². The Bertz CT molecular complexity index is 891. The van der Waals surface area contributed by atoms with Crippen molar-refractivity contribution < 1.29 is 23.9 Å². The Morgan fingerprint density at radius 2 is 1.74 bits per heavy atom. The van der Waals surface area contributed by atoms with Gasteiger partial charge in [0, 0.05) is 18.8 Å². The van der Waals surface area contributed by atoms with Crippen molar-refractivity contribution in [3.63, 3.8) is 0 Å². The highest BCUT2D eigenvalue weighted by Gasteiger charge is 2.43. The Morgan fingerprint density at radius 1 is 1.06 bits per heavy atom. The molecule has 1 atom stereocenters. The van der Waals surface area contributed by atoms with Crippen LogP contribution in [-0.2, 0) is 19.1 Å². The predicted molar refractivity (Wildman–Crippen MR) is 128 cm³/mol. The maximum Gasteiger partial charge on any atom is 0.318 e. The summed E-state index contributed by atoms with van der Waals surface area (Å²) in [5.41, 5.74) is 0.308. The first-order chi connectivity index (χ1) is 16.4. The SMILES string of the molecule is CCC[C@H](NC(=O)C1(NC(=O)N2CCOCC2)CCCCC1)C(=O)C(=O)Nc1ccccc1C. The fraction of sp³-hybridized carbons (Fsp3) is 0.600. The van der Waals surface area contributed by atoms with Crippen molar-refractivity contribution in [2.45, 2.75) is 70.4 Å². The number of ether oxygens (including phenoxy) is 1. The van der Waals surface area contributed by atoms with Crippen LogP contribution in [0.2, 0.25) is 0 Å². The van der Waals surface area contributed by atoms with Crippen molar-refractivity contribution in [2.75, 3.05) is 31.6 Å². The number of nitrogens with zero attached hydrogens (tertiary/aromatic N) is 1. The summed E-state index contributed by atoms with van der Waals surface area (Å²) in [5, 5.41) is 8.44. The minimum Gasteiger partial charge on any atom is -0.378 e. The number of rotatable bonds is 8. The van der Waals surface area contributed by atoms with Crippen molar-refractivity contribution in [1.82, 2.24) is 15.5 Å². The van der Waals surface area contributed by atoms with Gasteiger partial charge in [0.2, 0.25) is 11.7 Å². The molecule has 1 saturated carbocycles. The average Bonchev–Trinajstić information content (AvgIpc) is 2.85. The van der Waals surface area contributed by atoms with E-state index in [9.17, 15) is 19.2 Å². The van der Waals surface area contributed by atoms with Crippen molar-refractivity contribution in [3.8, 4) is 0 Å². The van der Waals surface area contributed by atoms with E-state index >= 15 is 0 Å². The van der Waals surface area contributed by atoms with E-state index < -0.39 is 29.2 Å². The van der Waals surface area contributed by atoms with Gasteiger partial charge in [-0.1, -0.05) is 50.8 Å². The topological polar surface area (TPSA) is 117 Å². The highest BCUT2D eigenvalue weighted by molar-refractivity contribution is 6.42. The first-order valence-electron chi connectivity index (χ1n) is 12.2. The number of carbonyl (C=O) groups is 4. The van der Waals surface area contributed by atoms with Gasteiger partial charge in [-0.15, -0.1) is 0 Å². The largest absolute Gasteiger partial charge is 0.378 e. The molecule has 1 heterocycles. The minimum absolute atomic E-state index is 0.295. The van der Waals surface area contributed by atoms with Crippen LogP contribution in [0.1, 0.15) is 57.4 Å². The molecule has 9 heteroatoms. The molecule has 4 amide bonds. The van der Waals surface area contributed by atoms with Gasteiger partial charge in [-0.25, -0.2) is 4.79 Å². The molecule has 0 aromatic heterocycles. The van der Waals surface area contributed by atoms with E-state index in [1.807, 2.05) is 26.0 Å². The molecule has 186 valence electrons. The molecule has 34 heavy (non-hydrogen) atoms. The first kappa shape index (κ1) is 25.7. The number of anilines is 1. The zero-order valence-electron chi connectivity index (χ0n) is 20.2. The lowest BCUT2D eigenvalue weighted by Crippen LogP contribution is -2.64. The molecule has 1 aliphatic heterocycles. The molecule has 0 spiro atoms. The van der Waals surface area contributed by atoms with Crippen molar-refractivity contribution >= 4 is 29.3 Å². The molecule has 1 aromatic carbocycles. The molecule has 2 aliphatic rings. The van der Waals surface area contributed by atoms with E-state index in [-0.39, 0.29) is 6.03 Å². The van der Waals surface area contributed by atoms with Crippen LogP contribution in [0.5, 0.6) is 0 Å². The molecule has 3 N–H and O–H groups in total. The summed E-state index contributed by atoms with van der Waals surface area (Å²) in [6.07, 6.45) is 4.53. The second-order valence-electron chi connectivity index (χ2n) is 9.12. The summed E-state index contributed by atoms with van der Waals surface area (Å²) in [5.74, 6) is -1.85. The van der Waals surface area contributed by atoms with Gasteiger partial charge in [-0.3, -0.25) is 14.4 Å². The molecule has 1 aromatic rings. The number of hydrogen-bond acceptors (Lipinski definition) is 5. The van der Waals surface area contributed by atoms with Crippen LogP contribution in [0, 0.1) is 6.92 Å². The molecule has 1 aliphatic carbocycles. The van der Waals surface area contributed by atoms with Gasteiger partial charge in [0.15, 0.2) is 0 Å². The quantitative estimate of drug-likeness (QED) is 0.503. The molecular formula is C25H36N4O5. The lowest BCUT2D eigenvalue weighted by atomic mass is 9.80. The monoisotopic (exact) mass is 472 g/mol. The molecular weight excluding hydrogens is 436 g/mol. The Labute approximate surface area is 201 Å². The maximum absolute atomic E-state index is 13.5.